The minimum absolute atomic E-state index is 0.0340. The molecule has 8 heteroatoms. The van der Waals surface area contributed by atoms with Crippen LogP contribution in [0.25, 0.3) is 0 Å². The van der Waals surface area contributed by atoms with Crippen LogP contribution in [0.4, 0.5) is 9.18 Å². The third kappa shape index (κ3) is 7.27. The second kappa shape index (κ2) is 9.60. The van der Waals surface area contributed by atoms with E-state index in [0.717, 1.165) is 5.56 Å². The van der Waals surface area contributed by atoms with Gasteiger partial charge in [0, 0.05) is 12.5 Å². The fourth-order valence-corrected chi connectivity index (χ4v) is 2.56. The minimum atomic E-state index is -0.905. The summed E-state index contributed by atoms with van der Waals surface area (Å²) >= 11 is 5.74. The monoisotopic (exact) mass is 423 g/mol. The summed E-state index contributed by atoms with van der Waals surface area (Å²) in [6.07, 6.45) is -0.504. The average molecular weight is 424 g/mol. The van der Waals surface area contributed by atoms with Gasteiger partial charge in [0.05, 0.1) is 12.1 Å². The molecule has 0 heterocycles. The quantitative estimate of drug-likeness (QED) is 0.670. The van der Waals surface area contributed by atoms with Crippen LogP contribution in [0.1, 0.15) is 26.3 Å². The number of nitrogens with one attached hydrogen (secondary N) is 1. The molecule has 0 spiro atoms. The molecule has 2 aromatic rings. The Morgan fingerprint density at radius 2 is 1.72 bits per heavy atom. The van der Waals surface area contributed by atoms with Crippen molar-refractivity contribution in [2.45, 2.75) is 38.8 Å². The van der Waals surface area contributed by atoms with Crippen LogP contribution in [0.2, 0.25) is 5.02 Å². The molecule has 0 saturated carbocycles. The molecule has 1 amide bonds. The highest BCUT2D eigenvalue weighted by molar-refractivity contribution is 6.30. The lowest BCUT2D eigenvalue weighted by Crippen LogP contribution is -2.45. The van der Waals surface area contributed by atoms with Gasteiger partial charge >= 0.3 is 12.1 Å². The van der Waals surface area contributed by atoms with Gasteiger partial charge in [0.2, 0.25) is 0 Å². The highest BCUT2D eigenvalue weighted by Gasteiger charge is 2.25. The van der Waals surface area contributed by atoms with Gasteiger partial charge in [-0.2, -0.15) is 0 Å². The normalized spacial score (nSPS) is 12.1. The Kier molecular flexibility index (Phi) is 7.45. The van der Waals surface area contributed by atoms with Crippen LogP contribution in [-0.4, -0.2) is 30.8 Å². The van der Waals surface area contributed by atoms with Crippen LogP contribution in [0.5, 0.6) is 11.5 Å². The van der Waals surface area contributed by atoms with Gasteiger partial charge in [0.1, 0.15) is 29.0 Å². The molecule has 2 rings (SSSR count). The van der Waals surface area contributed by atoms with Crippen molar-refractivity contribution in [3.8, 4) is 11.5 Å². The summed E-state index contributed by atoms with van der Waals surface area (Å²) in [6.45, 7) is 5.19. The summed E-state index contributed by atoms with van der Waals surface area (Å²) < 4.78 is 28.8. The van der Waals surface area contributed by atoms with Crippen molar-refractivity contribution >= 4 is 23.7 Å². The molecule has 1 unspecified atom stereocenters. The minimum Gasteiger partial charge on any atom is -0.467 e. The number of hydrogen-bond acceptors (Lipinski definition) is 5. The molecular weight excluding hydrogens is 401 g/mol. The number of esters is 1. The predicted octanol–water partition coefficient (Wildman–Crippen LogP) is 4.88. The predicted molar refractivity (Wildman–Crippen MR) is 107 cm³/mol. The summed E-state index contributed by atoms with van der Waals surface area (Å²) in [5, 5.41) is 2.49. The van der Waals surface area contributed by atoms with E-state index in [1.54, 1.807) is 45.0 Å². The molecule has 0 aliphatic rings. The van der Waals surface area contributed by atoms with Crippen LogP contribution in [0.15, 0.2) is 42.5 Å². The highest BCUT2D eigenvalue weighted by Crippen LogP contribution is 2.26. The zero-order valence-corrected chi connectivity index (χ0v) is 17.4. The first kappa shape index (κ1) is 22.5. The van der Waals surface area contributed by atoms with Crippen LogP contribution < -0.4 is 10.1 Å². The number of rotatable bonds is 6. The number of methoxy groups -OCH3 is 1. The third-order valence-electron chi connectivity index (χ3n) is 3.67. The molecule has 0 aliphatic heterocycles. The summed E-state index contributed by atoms with van der Waals surface area (Å²) in [6, 6.07) is 10.0. The number of halogens is 2. The molecule has 6 nitrogen and oxygen atoms in total. The lowest BCUT2D eigenvalue weighted by Gasteiger charge is -2.22. The van der Waals surface area contributed by atoms with Gasteiger partial charge in [0.15, 0.2) is 0 Å². The van der Waals surface area contributed by atoms with E-state index in [2.05, 4.69) is 5.32 Å². The van der Waals surface area contributed by atoms with E-state index in [9.17, 15) is 14.0 Å². The van der Waals surface area contributed by atoms with Gasteiger partial charge in [-0.3, -0.25) is 0 Å². The molecular formula is C21H23ClFNO5. The maximum atomic E-state index is 13.2. The number of hydrogen-bond donors (Lipinski definition) is 1. The molecule has 1 atom stereocenters. The largest absolute Gasteiger partial charge is 0.467 e. The number of carbonyl (C=O) groups is 2. The van der Waals surface area contributed by atoms with Gasteiger partial charge in [-0.25, -0.2) is 14.0 Å². The Balaban J connectivity index is 2.04. The Hall–Kier alpha value is -2.80. The van der Waals surface area contributed by atoms with Crippen molar-refractivity contribution in [2.24, 2.45) is 0 Å². The molecule has 0 radical (unpaired) electrons. The second-order valence-corrected chi connectivity index (χ2v) is 7.66. The first-order valence-corrected chi connectivity index (χ1v) is 9.24. The molecule has 156 valence electrons. The van der Waals surface area contributed by atoms with Gasteiger partial charge < -0.3 is 19.5 Å². The fraction of sp³-hybridized carbons (Fsp3) is 0.333. The molecule has 1 N–H and O–H groups in total. The highest BCUT2D eigenvalue weighted by atomic mass is 35.5. The number of ether oxygens (including phenoxy) is 3. The zero-order valence-electron chi connectivity index (χ0n) is 16.6. The second-order valence-electron chi connectivity index (χ2n) is 7.25. The van der Waals surface area contributed by atoms with Crippen LogP contribution in [0.3, 0.4) is 0 Å². The average Bonchev–Trinajstić information content (AvgIpc) is 2.63. The Labute approximate surface area is 173 Å². The van der Waals surface area contributed by atoms with Gasteiger partial charge in [-0.15, -0.1) is 0 Å². The molecule has 0 saturated heterocycles. The van der Waals surface area contributed by atoms with Crippen molar-refractivity contribution in [3.63, 3.8) is 0 Å². The summed E-state index contributed by atoms with van der Waals surface area (Å²) in [5.74, 6) is -0.216. The van der Waals surface area contributed by atoms with Crippen LogP contribution in [0, 0.1) is 5.82 Å². The van der Waals surface area contributed by atoms with E-state index in [-0.39, 0.29) is 11.4 Å². The molecule has 29 heavy (non-hydrogen) atoms. The SMILES string of the molecule is COC(=O)C(Cc1ccc(Oc2ccc(F)c(Cl)c2)cc1)NC(=O)OC(C)(C)C. The van der Waals surface area contributed by atoms with E-state index >= 15 is 0 Å². The van der Waals surface area contributed by atoms with E-state index in [1.807, 2.05) is 0 Å². The van der Waals surface area contributed by atoms with Crippen LogP contribution in [-0.2, 0) is 20.7 Å². The molecule has 0 fully saturated rings. The molecule has 0 bridgehead atoms. The van der Waals surface area contributed by atoms with Crippen molar-refractivity contribution in [1.82, 2.24) is 5.32 Å². The van der Waals surface area contributed by atoms with Crippen LogP contribution >= 0.6 is 11.6 Å². The number of alkyl carbamates (subject to hydrolysis) is 1. The lowest BCUT2D eigenvalue weighted by molar-refractivity contribution is -0.143. The Bertz CT molecular complexity index is 864. The third-order valence-corrected chi connectivity index (χ3v) is 3.96. The van der Waals surface area contributed by atoms with Gasteiger partial charge in [0.25, 0.3) is 0 Å². The van der Waals surface area contributed by atoms with E-state index in [1.165, 1.54) is 25.3 Å². The summed E-state index contributed by atoms with van der Waals surface area (Å²) in [7, 11) is 1.25. The van der Waals surface area contributed by atoms with Crippen molar-refractivity contribution in [1.29, 1.82) is 0 Å². The van der Waals surface area contributed by atoms with E-state index in [4.69, 9.17) is 25.8 Å². The summed E-state index contributed by atoms with van der Waals surface area (Å²) in [4.78, 5) is 24.0. The maximum Gasteiger partial charge on any atom is 0.408 e. The number of amides is 1. The lowest BCUT2D eigenvalue weighted by atomic mass is 10.1. The van der Waals surface area contributed by atoms with Gasteiger partial charge in [-0.1, -0.05) is 23.7 Å². The van der Waals surface area contributed by atoms with E-state index in [0.29, 0.717) is 11.5 Å². The smallest absolute Gasteiger partial charge is 0.408 e. The van der Waals surface area contributed by atoms with E-state index < -0.39 is 29.5 Å². The standard InChI is InChI=1S/C21H23ClFNO5/c1-21(2,3)29-20(26)24-18(19(25)27-4)11-13-5-7-14(8-6-13)28-15-9-10-17(23)16(22)12-15/h5-10,12,18H,11H2,1-4H3,(H,24,26). The topological polar surface area (TPSA) is 73.9 Å². The first-order chi connectivity index (χ1) is 13.6. The van der Waals surface area contributed by atoms with Crippen molar-refractivity contribution in [2.75, 3.05) is 7.11 Å². The fourth-order valence-electron chi connectivity index (χ4n) is 2.39. The summed E-state index contributed by atoms with van der Waals surface area (Å²) in [5.41, 5.74) is 0.0773. The molecule has 0 aliphatic carbocycles. The number of benzene rings is 2. The first-order valence-electron chi connectivity index (χ1n) is 8.86. The van der Waals surface area contributed by atoms with Gasteiger partial charge in [-0.05, 0) is 50.6 Å². The number of carbonyl (C=O) groups excluding carboxylic acids is 2. The van der Waals surface area contributed by atoms with Crippen molar-refractivity contribution < 1.29 is 28.2 Å². The Morgan fingerprint density at radius 3 is 2.28 bits per heavy atom. The Morgan fingerprint density at radius 1 is 1.10 bits per heavy atom. The molecule has 0 aromatic heterocycles. The molecule has 2 aromatic carbocycles. The van der Waals surface area contributed by atoms with Crippen molar-refractivity contribution in [3.05, 3.63) is 58.9 Å². The maximum absolute atomic E-state index is 13.2. The zero-order chi connectivity index (χ0) is 21.6.